The highest BCUT2D eigenvalue weighted by Gasteiger charge is 2.51. The van der Waals surface area contributed by atoms with Crippen molar-refractivity contribution in [3.05, 3.63) is 0 Å². The minimum Gasteiger partial charge on any atom is -0.463 e. The molecule has 0 radical (unpaired) electrons. The highest BCUT2D eigenvalue weighted by molar-refractivity contribution is 8.19. The monoisotopic (exact) mass is 426 g/mol. The molecule has 1 fully saturated rings. The van der Waals surface area contributed by atoms with Gasteiger partial charge in [-0.15, -0.1) is 8.62 Å². The first-order valence-electron chi connectivity index (χ1n) is 6.00. The van der Waals surface area contributed by atoms with E-state index in [4.69, 9.17) is 41.5 Å². The van der Waals surface area contributed by atoms with E-state index in [1.165, 1.54) is 0 Å². The molecule has 0 aromatic rings. The average molecular weight is 426 g/mol. The van der Waals surface area contributed by atoms with E-state index in [2.05, 4.69) is 4.31 Å². The second kappa shape index (κ2) is 8.87. The first-order chi connectivity index (χ1) is 10.5. The van der Waals surface area contributed by atoms with Crippen molar-refractivity contribution in [2.45, 2.75) is 26.2 Å². The molecule has 0 amide bonds. The fraction of sp³-hybridized carbons (Fsp3) is 0.750. The predicted octanol–water partition coefficient (Wildman–Crippen LogP) is 0.845. The molecule has 0 aromatic heterocycles. The van der Waals surface area contributed by atoms with Gasteiger partial charge in [0, 0.05) is 12.8 Å². The summed E-state index contributed by atoms with van der Waals surface area (Å²) in [5.74, 6) is -0.530. The van der Waals surface area contributed by atoms with Crippen LogP contribution in [0.1, 0.15) is 26.2 Å². The third kappa shape index (κ3) is 8.56. The summed E-state index contributed by atoms with van der Waals surface area (Å²) in [6.45, 7) is -5.77. The zero-order valence-electron chi connectivity index (χ0n) is 11.4. The van der Waals surface area contributed by atoms with Crippen molar-refractivity contribution in [2.75, 3.05) is 13.2 Å². The third-order valence-electron chi connectivity index (χ3n) is 2.09. The lowest BCUT2D eigenvalue weighted by Gasteiger charge is -2.34. The molecule has 1 rings (SSSR count). The van der Waals surface area contributed by atoms with Crippen LogP contribution in [0.15, 0.2) is 0 Å². The largest absolute Gasteiger partial charge is 0.463 e. The number of hydrogen-bond acceptors (Lipinski definition) is 9. The quantitative estimate of drug-likeness (QED) is 0.249. The molecule has 134 valence electrons. The van der Waals surface area contributed by atoms with E-state index in [-0.39, 0.29) is 31.8 Å². The van der Waals surface area contributed by atoms with Crippen molar-refractivity contribution < 1.29 is 41.6 Å². The summed E-state index contributed by atoms with van der Waals surface area (Å²) in [5, 5.41) is 0. The van der Waals surface area contributed by atoms with E-state index in [0.29, 0.717) is 6.42 Å². The molecular formula is C8H18BO9P3S2. The van der Waals surface area contributed by atoms with Gasteiger partial charge < -0.3 is 14.5 Å². The molecule has 0 bridgehead atoms. The Kier molecular flexibility index (Phi) is 8.39. The van der Waals surface area contributed by atoms with Crippen LogP contribution in [-0.2, 0) is 55.4 Å². The normalized spacial score (nSPS) is 34.1. The number of carbonyl (C=O) groups is 2. The zero-order chi connectivity index (χ0) is 17.7. The standard InChI is InChI=1S/C8H18BO9P3S2/c1-2-7(10)3-4-8(11)14-5-6-15-19(9)16-20(12,22)18-21(13,23)17-19/h2-6H2,1,9H3,(H,12,22)(H,13,23). The molecule has 0 aliphatic carbocycles. The van der Waals surface area contributed by atoms with Gasteiger partial charge >= 0.3 is 19.4 Å². The Morgan fingerprint density at radius 1 is 1.17 bits per heavy atom. The first kappa shape index (κ1) is 21.7. The number of ketones is 1. The van der Waals surface area contributed by atoms with Crippen molar-refractivity contribution in [3.8, 4) is 0 Å². The molecule has 0 aromatic carbocycles. The number of hydrogen-bond donors (Lipinski definition) is 2. The summed E-state index contributed by atoms with van der Waals surface area (Å²) in [6.07, 6.45) is 0.533. The van der Waals surface area contributed by atoms with E-state index in [1.807, 2.05) is 0 Å². The van der Waals surface area contributed by atoms with Crippen molar-refractivity contribution in [3.63, 3.8) is 0 Å². The van der Waals surface area contributed by atoms with Gasteiger partial charge in [-0.1, -0.05) is 6.92 Å². The van der Waals surface area contributed by atoms with Crippen LogP contribution in [0.4, 0.5) is 0 Å². The maximum Gasteiger partial charge on any atom is 0.368 e. The van der Waals surface area contributed by atoms with Crippen LogP contribution in [0.25, 0.3) is 0 Å². The summed E-state index contributed by atoms with van der Waals surface area (Å²) < 4.78 is 25.3. The van der Waals surface area contributed by atoms with E-state index >= 15 is 0 Å². The Labute approximate surface area is 145 Å². The minimum atomic E-state index is -3.68. The van der Waals surface area contributed by atoms with E-state index in [1.54, 1.807) is 6.92 Å². The van der Waals surface area contributed by atoms with E-state index < -0.39 is 34.8 Å². The van der Waals surface area contributed by atoms with Crippen LogP contribution in [-0.4, -0.2) is 42.3 Å². The van der Waals surface area contributed by atoms with Crippen LogP contribution in [0.2, 0.25) is 0 Å². The van der Waals surface area contributed by atoms with Crippen molar-refractivity contribution in [1.82, 2.24) is 0 Å². The summed E-state index contributed by atoms with van der Waals surface area (Å²) in [5.41, 5.74) is 0. The number of Topliss-reactive ketones (excluding diaryl/α,β-unsaturated/α-hetero) is 1. The molecule has 9 nitrogen and oxygen atoms in total. The third-order valence-corrected chi connectivity index (χ3v) is 9.25. The fourth-order valence-corrected chi connectivity index (χ4v) is 8.29. The minimum absolute atomic E-state index is 0.0105. The fourth-order valence-electron chi connectivity index (χ4n) is 1.15. The molecule has 23 heavy (non-hydrogen) atoms. The van der Waals surface area contributed by atoms with Crippen molar-refractivity contribution in [2.24, 2.45) is 0 Å². The lowest BCUT2D eigenvalue weighted by atomic mass is 10.2. The smallest absolute Gasteiger partial charge is 0.368 e. The maximum absolute atomic E-state index is 11.4. The lowest BCUT2D eigenvalue weighted by molar-refractivity contribution is -0.145. The molecule has 2 N–H and O–H groups in total. The van der Waals surface area contributed by atoms with Crippen molar-refractivity contribution >= 4 is 64.2 Å². The van der Waals surface area contributed by atoms with Crippen LogP contribution >= 0.6 is 21.3 Å². The Bertz CT molecular complexity index is 535. The second-order valence-electron chi connectivity index (χ2n) is 3.85. The lowest BCUT2D eigenvalue weighted by Crippen LogP contribution is -2.16. The number of ether oxygens (including phenoxy) is 1. The first-order valence-corrected chi connectivity index (χ1v) is 12.3. The predicted molar refractivity (Wildman–Crippen MR) is 94.6 cm³/mol. The van der Waals surface area contributed by atoms with Crippen LogP contribution in [0.3, 0.4) is 0 Å². The maximum atomic E-state index is 11.4. The second-order valence-corrected chi connectivity index (χ2v) is 11.2. The van der Waals surface area contributed by atoms with Gasteiger partial charge in [-0.05, 0) is 23.6 Å². The van der Waals surface area contributed by atoms with Gasteiger partial charge in [0.2, 0.25) is 15.4 Å². The highest BCUT2D eigenvalue weighted by atomic mass is 32.5. The molecule has 1 heterocycles. The number of rotatable bonds is 8. The molecule has 0 saturated carbocycles. The molecule has 1 aliphatic heterocycles. The SMILES string of the molecule is [BH3-][P+]1(OCCOC(=O)CCC(=O)CC)OP(O)(=S)OP(O)(=S)O1. The summed E-state index contributed by atoms with van der Waals surface area (Å²) >= 11 is 9.39. The summed E-state index contributed by atoms with van der Waals surface area (Å²) in [7, 11) is -3.72. The molecule has 2 unspecified atom stereocenters. The van der Waals surface area contributed by atoms with Crippen LogP contribution in [0, 0.1) is 0 Å². The van der Waals surface area contributed by atoms with Gasteiger partial charge in [0.05, 0.1) is 6.42 Å². The van der Waals surface area contributed by atoms with Gasteiger partial charge in [-0.2, -0.15) is 0 Å². The molecule has 0 spiro atoms. The van der Waals surface area contributed by atoms with Crippen LogP contribution < -0.4 is 0 Å². The van der Waals surface area contributed by atoms with Crippen LogP contribution in [0.5, 0.6) is 0 Å². The Hall–Kier alpha value is 0.695. The molecule has 1 aliphatic rings. The van der Waals surface area contributed by atoms with Gasteiger partial charge in [-0.25, -0.2) is 8.83 Å². The molecule has 1 saturated heterocycles. The summed E-state index contributed by atoms with van der Waals surface area (Å²) in [4.78, 5) is 41.9. The Morgan fingerprint density at radius 2 is 1.74 bits per heavy atom. The number of carbonyl (C=O) groups excluding carboxylic acids is 2. The molecular weight excluding hydrogens is 408 g/mol. The topological polar surface area (TPSA) is 121 Å². The average Bonchev–Trinajstić information content (AvgIpc) is 2.36. The Balaban J connectivity index is 2.37. The van der Waals surface area contributed by atoms with Crippen molar-refractivity contribution in [1.29, 1.82) is 0 Å². The van der Waals surface area contributed by atoms with Gasteiger partial charge in [-0.3, -0.25) is 9.59 Å². The van der Waals surface area contributed by atoms with E-state index in [0.717, 1.165) is 0 Å². The van der Waals surface area contributed by atoms with E-state index in [9.17, 15) is 19.4 Å². The van der Waals surface area contributed by atoms with Gasteiger partial charge in [0.15, 0.2) is 0 Å². The van der Waals surface area contributed by atoms with Gasteiger partial charge in [0.25, 0.3) is 0 Å². The summed E-state index contributed by atoms with van der Waals surface area (Å²) in [6, 6.07) is 0. The van der Waals surface area contributed by atoms with Gasteiger partial charge in [0.1, 0.15) is 19.0 Å². The Morgan fingerprint density at radius 3 is 2.26 bits per heavy atom. The highest BCUT2D eigenvalue weighted by Crippen LogP contribution is 2.83. The molecule has 2 atom stereocenters. The number of esters is 1. The molecule has 15 heteroatoms. The zero-order valence-corrected chi connectivity index (χ0v) is 15.8.